The minimum absolute atomic E-state index is 0.0815. The van der Waals surface area contributed by atoms with Crippen LogP contribution in [-0.4, -0.2) is 19.6 Å². The van der Waals surface area contributed by atoms with Gasteiger partial charge in [-0.05, 0) is 58.7 Å². The van der Waals surface area contributed by atoms with Gasteiger partial charge < -0.3 is 15.4 Å². The number of nitrogens with one attached hydrogen (secondary N) is 2. The largest absolute Gasteiger partial charge is 0.495 e. The van der Waals surface area contributed by atoms with Gasteiger partial charge in [0.1, 0.15) is 5.75 Å². The third-order valence-electron chi connectivity index (χ3n) is 3.23. The number of benzene rings is 2. The molecule has 0 heterocycles. The van der Waals surface area contributed by atoms with Gasteiger partial charge in [0.2, 0.25) is 5.91 Å². The molecule has 6 heteroatoms. The number of hydrogen-bond donors (Lipinski definition) is 2. The molecule has 2 rings (SSSR count). The Kier molecular flexibility index (Phi) is 6.30. The lowest BCUT2D eigenvalue weighted by Gasteiger charge is -2.10. The molecule has 0 saturated carbocycles. The van der Waals surface area contributed by atoms with E-state index in [9.17, 15) is 4.79 Å². The molecule has 0 fully saturated rings. The summed E-state index contributed by atoms with van der Waals surface area (Å²) in [6, 6.07) is 11.2. The molecule has 0 spiro atoms. The van der Waals surface area contributed by atoms with E-state index in [0.29, 0.717) is 29.4 Å². The molecule has 0 bridgehead atoms. The quantitative estimate of drug-likeness (QED) is 0.732. The van der Waals surface area contributed by atoms with E-state index in [4.69, 9.17) is 16.3 Å². The first-order chi connectivity index (χ1) is 11.0. The molecule has 0 saturated heterocycles. The van der Waals surface area contributed by atoms with E-state index in [1.165, 1.54) is 5.56 Å². The zero-order valence-electron chi connectivity index (χ0n) is 13.0. The second kappa shape index (κ2) is 8.22. The lowest BCUT2D eigenvalue weighted by Crippen LogP contribution is -2.16. The molecule has 0 aliphatic carbocycles. The van der Waals surface area contributed by atoms with Gasteiger partial charge in [0, 0.05) is 28.8 Å². The Morgan fingerprint density at radius 3 is 2.70 bits per heavy atom. The molecular formula is C17H18BrClN2O2. The Hall–Kier alpha value is -1.72. The predicted molar refractivity (Wildman–Crippen MR) is 98.6 cm³/mol. The number of methoxy groups -OCH3 is 1. The zero-order chi connectivity index (χ0) is 16.8. The molecular weight excluding hydrogens is 380 g/mol. The Balaban J connectivity index is 1.84. The lowest BCUT2D eigenvalue weighted by atomic mass is 10.2. The molecule has 0 aliphatic heterocycles. The fourth-order valence-electron chi connectivity index (χ4n) is 2.04. The number of ether oxygens (including phenoxy) is 1. The van der Waals surface area contributed by atoms with Crippen LogP contribution in [0.5, 0.6) is 5.75 Å². The van der Waals surface area contributed by atoms with Gasteiger partial charge in [-0.2, -0.15) is 0 Å². The molecule has 0 aliphatic rings. The number of aryl methyl sites for hydroxylation is 1. The molecule has 122 valence electrons. The molecule has 1 amide bonds. The van der Waals surface area contributed by atoms with E-state index in [1.54, 1.807) is 25.3 Å². The standard InChI is InChI=1S/C17H18BrClN2O2/c1-11-3-5-15(13(18)9-11)20-8-7-17(22)21-12-4-6-16(23-2)14(19)10-12/h3-6,9-10,20H,7-8H2,1-2H3,(H,21,22). The van der Waals surface area contributed by atoms with Crippen LogP contribution in [-0.2, 0) is 4.79 Å². The van der Waals surface area contributed by atoms with Crippen molar-refractivity contribution in [2.75, 3.05) is 24.3 Å². The topological polar surface area (TPSA) is 50.4 Å². The summed E-state index contributed by atoms with van der Waals surface area (Å²) in [4.78, 5) is 12.0. The van der Waals surface area contributed by atoms with E-state index >= 15 is 0 Å². The van der Waals surface area contributed by atoms with Crippen LogP contribution in [0.2, 0.25) is 5.02 Å². The maximum Gasteiger partial charge on any atom is 0.226 e. The van der Waals surface area contributed by atoms with Gasteiger partial charge in [-0.1, -0.05) is 17.7 Å². The molecule has 0 unspecified atom stereocenters. The molecule has 0 aromatic heterocycles. The van der Waals surface area contributed by atoms with Crippen molar-refractivity contribution in [2.24, 2.45) is 0 Å². The first-order valence-electron chi connectivity index (χ1n) is 7.13. The number of carbonyl (C=O) groups excluding carboxylic acids is 1. The minimum atomic E-state index is -0.0815. The first kappa shape index (κ1) is 17.6. The van der Waals surface area contributed by atoms with Gasteiger partial charge in [-0.3, -0.25) is 4.79 Å². The third kappa shape index (κ3) is 5.15. The summed E-state index contributed by atoms with van der Waals surface area (Å²) in [6.07, 6.45) is 0.351. The lowest BCUT2D eigenvalue weighted by molar-refractivity contribution is -0.115. The summed E-state index contributed by atoms with van der Waals surface area (Å²) in [7, 11) is 1.55. The highest BCUT2D eigenvalue weighted by Gasteiger charge is 2.06. The van der Waals surface area contributed by atoms with E-state index in [-0.39, 0.29) is 5.91 Å². The predicted octanol–water partition coefficient (Wildman–Crippen LogP) is 4.86. The Bertz CT molecular complexity index is 707. The van der Waals surface area contributed by atoms with Crippen molar-refractivity contribution < 1.29 is 9.53 Å². The van der Waals surface area contributed by atoms with E-state index in [2.05, 4.69) is 26.6 Å². The SMILES string of the molecule is COc1ccc(NC(=O)CCNc2ccc(C)cc2Br)cc1Cl. The molecule has 2 N–H and O–H groups in total. The normalized spacial score (nSPS) is 10.3. The maximum absolute atomic E-state index is 12.0. The number of halogens is 2. The van der Waals surface area contributed by atoms with Gasteiger partial charge in [-0.15, -0.1) is 0 Å². The summed E-state index contributed by atoms with van der Waals surface area (Å²) in [5.41, 5.74) is 2.80. The van der Waals surface area contributed by atoms with Crippen LogP contribution < -0.4 is 15.4 Å². The molecule has 23 heavy (non-hydrogen) atoms. The maximum atomic E-state index is 12.0. The van der Waals surface area contributed by atoms with Crippen LogP contribution in [0.3, 0.4) is 0 Å². The number of amides is 1. The van der Waals surface area contributed by atoms with Crippen LogP contribution in [0.1, 0.15) is 12.0 Å². The van der Waals surface area contributed by atoms with E-state index in [1.807, 2.05) is 25.1 Å². The van der Waals surface area contributed by atoms with Crippen molar-refractivity contribution in [2.45, 2.75) is 13.3 Å². The number of hydrogen-bond acceptors (Lipinski definition) is 3. The van der Waals surface area contributed by atoms with Crippen LogP contribution in [0.15, 0.2) is 40.9 Å². The molecule has 2 aromatic carbocycles. The first-order valence-corrected chi connectivity index (χ1v) is 8.30. The Morgan fingerprint density at radius 2 is 2.04 bits per heavy atom. The Labute approximate surface area is 149 Å². The van der Waals surface area contributed by atoms with Crippen molar-refractivity contribution in [3.8, 4) is 5.75 Å². The second-order valence-corrected chi connectivity index (χ2v) is 6.32. The van der Waals surface area contributed by atoms with Crippen molar-refractivity contribution in [1.82, 2.24) is 0 Å². The van der Waals surface area contributed by atoms with Gasteiger partial charge in [0.25, 0.3) is 0 Å². The fourth-order valence-corrected chi connectivity index (χ4v) is 2.93. The van der Waals surface area contributed by atoms with Gasteiger partial charge >= 0.3 is 0 Å². The number of carbonyl (C=O) groups is 1. The van der Waals surface area contributed by atoms with Crippen molar-refractivity contribution in [1.29, 1.82) is 0 Å². The summed E-state index contributed by atoms with van der Waals surface area (Å²) in [5.74, 6) is 0.498. The summed E-state index contributed by atoms with van der Waals surface area (Å²) in [5, 5.41) is 6.51. The van der Waals surface area contributed by atoms with Crippen LogP contribution >= 0.6 is 27.5 Å². The zero-order valence-corrected chi connectivity index (χ0v) is 15.3. The second-order valence-electron chi connectivity index (χ2n) is 5.06. The fraction of sp³-hybridized carbons (Fsp3) is 0.235. The average Bonchev–Trinajstić information content (AvgIpc) is 2.49. The smallest absolute Gasteiger partial charge is 0.226 e. The van der Waals surface area contributed by atoms with Crippen molar-refractivity contribution >= 4 is 44.8 Å². The minimum Gasteiger partial charge on any atom is -0.495 e. The van der Waals surface area contributed by atoms with Gasteiger partial charge in [-0.25, -0.2) is 0 Å². The molecule has 0 atom stereocenters. The monoisotopic (exact) mass is 396 g/mol. The van der Waals surface area contributed by atoms with Crippen LogP contribution in [0, 0.1) is 6.92 Å². The summed E-state index contributed by atoms with van der Waals surface area (Å²) < 4.78 is 6.07. The van der Waals surface area contributed by atoms with Gasteiger partial charge in [0.05, 0.1) is 12.1 Å². The third-order valence-corrected chi connectivity index (χ3v) is 4.18. The summed E-state index contributed by atoms with van der Waals surface area (Å²) >= 11 is 9.53. The molecule has 0 radical (unpaired) electrons. The van der Waals surface area contributed by atoms with Crippen LogP contribution in [0.25, 0.3) is 0 Å². The van der Waals surface area contributed by atoms with Crippen molar-refractivity contribution in [3.05, 3.63) is 51.5 Å². The highest BCUT2D eigenvalue weighted by Crippen LogP contribution is 2.27. The van der Waals surface area contributed by atoms with E-state index < -0.39 is 0 Å². The number of rotatable bonds is 6. The average molecular weight is 398 g/mol. The molecule has 4 nitrogen and oxygen atoms in total. The highest BCUT2D eigenvalue weighted by molar-refractivity contribution is 9.10. The number of anilines is 2. The molecule has 2 aromatic rings. The Morgan fingerprint density at radius 1 is 1.26 bits per heavy atom. The van der Waals surface area contributed by atoms with Crippen molar-refractivity contribution in [3.63, 3.8) is 0 Å². The van der Waals surface area contributed by atoms with Gasteiger partial charge in [0.15, 0.2) is 0 Å². The van der Waals surface area contributed by atoms with E-state index in [0.717, 1.165) is 10.2 Å². The van der Waals surface area contributed by atoms with Crippen LogP contribution in [0.4, 0.5) is 11.4 Å². The highest BCUT2D eigenvalue weighted by atomic mass is 79.9. The summed E-state index contributed by atoms with van der Waals surface area (Å²) in [6.45, 7) is 2.57.